The molecule has 0 saturated carbocycles. The van der Waals surface area contributed by atoms with Crippen molar-refractivity contribution in [1.82, 2.24) is 20.4 Å². The van der Waals surface area contributed by atoms with Gasteiger partial charge in [-0.1, -0.05) is 140 Å². The summed E-state index contributed by atoms with van der Waals surface area (Å²) in [4.78, 5) is 82.5. The second-order valence-electron chi connectivity index (χ2n) is 29.9. The molecule has 8 rings (SSSR count). The summed E-state index contributed by atoms with van der Waals surface area (Å²) in [5.41, 5.74) is 12.1. The van der Waals surface area contributed by atoms with Crippen LogP contribution in [-0.2, 0) is 54.9 Å². The fraction of sp³-hybridized carbons (Fsp3) is 0.396. The summed E-state index contributed by atoms with van der Waals surface area (Å²) >= 11 is 0. The number of nitrogens with one attached hydrogen (secondary N) is 2. The number of benzene rings is 4. The zero-order valence-electron chi connectivity index (χ0n) is 72.3. The smallest absolute Gasteiger partial charge is 0.222 e. The summed E-state index contributed by atoms with van der Waals surface area (Å²) in [7, 11) is 14.2. The lowest BCUT2D eigenvalue weighted by Gasteiger charge is -2.22. The number of anilines is 4. The SMILES string of the molecule is CN(CC(=O)[O-])c1ccc(/C=C/c2cc[n+](CCCC(=O)NCCSSCCNC(=O)CCC[n+]3ccc(/C=C/c4ccc(N(C)CC(=O)[O-])cc4)cc3)cc2)cc1.CN(CCCC[n+]1ccc(/C=C/c2ccc(N(CCO)CCO)cc2)cc1)C(=O)CCCSSCCCC(=O)N(C)CCCC[n+]1ccc(/C=C/c2ccc(N(CCO)CCO)cc2)cc1. The molecule has 0 saturated heterocycles. The molecule has 0 aliphatic heterocycles. The maximum absolute atomic E-state index is 12.7. The van der Waals surface area contributed by atoms with Crippen molar-refractivity contribution in [3.63, 3.8) is 0 Å². The van der Waals surface area contributed by atoms with Crippen LogP contribution in [0.5, 0.6) is 0 Å². The van der Waals surface area contributed by atoms with Crippen LogP contribution in [0.25, 0.3) is 48.6 Å². The Hall–Kier alpha value is -10.3. The molecule has 0 radical (unpaired) electrons. The van der Waals surface area contributed by atoms with Crippen molar-refractivity contribution in [2.75, 3.05) is 163 Å². The minimum absolute atomic E-state index is 0.0443. The third kappa shape index (κ3) is 41.5. The lowest BCUT2D eigenvalue weighted by atomic mass is 10.1. The molecule has 0 unspecified atom stereocenters. The van der Waals surface area contributed by atoms with E-state index >= 15 is 0 Å². The molecule has 4 aromatic heterocycles. The van der Waals surface area contributed by atoms with E-state index in [1.54, 1.807) is 67.1 Å². The first-order valence-corrected chi connectivity index (χ1v) is 47.6. The summed E-state index contributed by atoms with van der Waals surface area (Å²) in [6, 6.07) is 48.0. The van der Waals surface area contributed by atoms with Crippen molar-refractivity contribution in [3.05, 3.63) is 240 Å². The van der Waals surface area contributed by atoms with Crippen LogP contribution >= 0.6 is 43.2 Å². The molecule has 124 heavy (non-hydrogen) atoms. The van der Waals surface area contributed by atoms with Gasteiger partial charge in [-0.15, -0.1) is 0 Å². The largest absolute Gasteiger partial charge is 0.548 e. The van der Waals surface area contributed by atoms with Gasteiger partial charge < -0.3 is 80.3 Å². The summed E-state index contributed by atoms with van der Waals surface area (Å²) in [6.45, 7) is 7.83. The Balaban J connectivity index is 0.000000344. The molecule has 8 aromatic rings. The van der Waals surface area contributed by atoms with Gasteiger partial charge in [-0.2, -0.15) is 0 Å². The minimum atomic E-state index is -1.12. The number of hydrogen-bond acceptors (Lipinski definition) is 20. The van der Waals surface area contributed by atoms with Crippen LogP contribution in [0, 0.1) is 0 Å². The second kappa shape index (κ2) is 59.5. The summed E-state index contributed by atoms with van der Waals surface area (Å²) in [5, 5.41) is 64.7. The number of unbranched alkanes of at least 4 members (excludes halogenated alkanes) is 2. The third-order valence-electron chi connectivity index (χ3n) is 20.2. The number of likely N-dealkylation sites (N-methyl/N-ethyl adjacent to an activating group) is 2. The molecule has 0 spiro atoms. The van der Waals surface area contributed by atoms with E-state index < -0.39 is 11.9 Å². The number of aliphatic carboxylic acids is 2. The highest BCUT2D eigenvalue weighted by molar-refractivity contribution is 8.77. The van der Waals surface area contributed by atoms with Crippen LogP contribution < -0.4 is 58.7 Å². The Bertz CT molecular complexity index is 4240. The molecule has 28 heteroatoms. The molecule has 664 valence electrons. The summed E-state index contributed by atoms with van der Waals surface area (Å²) < 4.78 is 8.48. The molecule has 4 heterocycles. The van der Waals surface area contributed by atoms with E-state index in [9.17, 15) is 59.4 Å². The van der Waals surface area contributed by atoms with Crippen molar-refractivity contribution in [1.29, 1.82) is 0 Å². The standard InChI is InChI=1S/C52H74N6O6S2.C44H52N6O6S2/c1-53(27-3-5-29-55-31-23-47(24-32-55)13-11-45-15-19-49(20-16-45)57(35-39-59)36-40-60)51(63)9-7-43-65-66-44-8-10-52(64)54(2)28-4-6-30-56-33-25-48(26-34-56)14-12-46-17-21-50(22-18-46)58(37-41-61)38-42-62;1-47(33-43(53)54)39-15-11-35(12-16-39)7-9-37-19-27-49(28-20-37)25-3-5-41(51)45-23-31-57-58-32-24-46-42(52)6-4-26-50-29-21-38(22-30-50)10-8-36-13-17-40(18-14-36)48(2)34-44(55)56/h11-26,31-34,59-62H,3-10,27-30,35-44H2,1-2H3;7-22,27-30H,3-6,23-26,31-34H2,1-2H3,(H2-2,45,46,51,52,53,54,55,56)/q+2;. The van der Waals surface area contributed by atoms with Gasteiger partial charge in [0, 0.05) is 226 Å². The number of amides is 4. The first kappa shape index (κ1) is 101. The minimum Gasteiger partial charge on any atom is -0.548 e. The number of hydrogen-bond donors (Lipinski definition) is 6. The number of nitrogens with zero attached hydrogens (tertiary/aromatic N) is 10. The van der Waals surface area contributed by atoms with Gasteiger partial charge in [-0.05, 0) is 119 Å². The molecule has 0 aliphatic rings. The highest BCUT2D eigenvalue weighted by Gasteiger charge is 2.15. The Morgan fingerprint density at radius 1 is 0.315 bits per heavy atom. The van der Waals surface area contributed by atoms with E-state index in [-0.39, 0.29) is 63.1 Å². The van der Waals surface area contributed by atoms with Crippen LogP contribution in [0.4, 0.5) is 22.7 Å². The molecule has 4 aromatic carbocycles. The predicted molar refractivity (Wildman–Crippen MR) is 504 cm³/mol. The third-order valence-corrected chi connectivity index (χ3v) is 25.2. The highest BCUT2D eigenvalue weighted by atomic mass is 33.1. The van der Waals surface area contributed by atoms with E-state index in [0.717, 1.165) is 181 Å². The Morgan fingerprint density at radius 2 is 0.565 bits per heavy atom. The number of pyridine rings is 4. The van der Waals surface area contributed by atoms with Gasteiger partial charge in [0.1, 0.15) is 26.2 Å². The molecule has 0 atom stereocenters. The molecular formula is C96H126N12O12S4+2. The Kier molecular flexibility index (Phi) is 48.4. The topological polar surface area (TPSA) is 288 Å². The summed E-state index contributed by atoms with van der Waals surface area (Å²) in [5.74, 6) is 1.69. The zero-order chi connectivity index (χ0) is 88.7. The fourth-order valence-electron chi connectivity index (χ4n) is 13.0. The number of carbonyl (C=O) groups excluding carboxylic acids is 6. The van der Waals surface area contributed by atoms with Gasteiger partial charge >= 0.3 is 0 Å². The van der Waals surface area contributed by atoms with Crippen molar-refractivity contribution < 1.29 is 77.7 Å². The van der Waals surface area contributed by atoms with Crippen LogP contribution in [0.2, 0.25) is 0 Å². The lowest BCUT2D eigenvalue weighted by Crippen LogP contribution is -2.35. The highest BCUT2D eigenvalue weighted by Crippen LogP contribution is 2.26. The molecule has 0 aliphatic carbocycles. The molecule has 6 N–H and O–H groups in total. The fourth-order valence-corrected chi connectivity index (χ4v) is 16.9. The van der Waals surface area contributed by atoms with E-state index in [0.29, 0.717) is 65.0 Å². The summed E-state index contributed by atoms with van der Waals surface area (Å²) in [6.07, 6.45) is 41.9. The number of aryl methyl sites for hydroxylation is 4. The number of rotatable bonds is 58. The average molecular weight is 1770 g/mol. The maximum Gasteiger partial charge on any atom is 0.222 e. The molecule has 0 fully saturated rings. The maximum atomic E-state index is 12.7. The van der Waals surface area contributed by atoms with E-state index in [2.05, 4.69) is 102 Å². The van der Waals surface area contributed by atoms with Crippen molar-refractivity contribution in [3.8, 4) is 0 Å². The Morgan fingerprint density at radius 3 is 0.831 bits per heavy atom. The number of carbonyl (C=O) groups is 6. The van der Waals surface area contributed by atoms with Gasteiger partial charge in [-0.25, -0.2) is 18.3 Å². The van der Waals surface area contributed by atoms with Crippen molar-refractivity contribution in [2.45, 2.75) is 103 Å². The van der Waals surface area contributed by atoms with Gasteiger partial charge in [0.2, 0.25) is 23.6 Å². The van der Waals surface area contributed by atoms with Crippen LogP contribution in [-0.4, -0.2) is 209 Å². The average Bonchev–Trinajstić information content (AvgIpc) is 0.875. The number of carboxylic acids is 2. The van der Waals surface area contributed by atoms with Crippen LogP contribution in [0.15, 0.2) is 195 Å². The van der Waals surface area contributed by atoms with Crippen LogP contribution in [0.1, 0.15) is 122 Å². The van der Waals surface area contributed by atoms with Crippen molar-refractivity contribution >= 4 is 150 Å². The number of aromatic nitrogens is 4. The lowest BCUT2D eigenvalue weighted by molar-refractivity contribution is -0.697. The first-order valence-electron chi connectivity index (χ1n) is 42.6. The number of aliphatic hydroxyl groups is 4. The van der Waals surface area contributed by atoms with E-state index in [1.165, 1.54) is 0 Å². The second-order valence-corrected chi connectivity index (χ2v) is 35.4. The first-order chi connectivity index (χ1) is 60.3. The van der Waals surface area contributed by atoms with Gasteiger partial charge in [0.05, 0.1) is 51.5 Å². The van der Waals surface area contributed by atoms with Gasteiger partial charge in [0.25, 0.3) is 0 Å². The van der Waals surface area contributed by atoms with Crippen LogP contribution in [0.3, 0.4) is 0 Å². The van der Waals surface area contributed by atoms with Crippen molar-refractivity contribution in [2.24, 2.45) is 0 Å². The monoisotopic (exact) mass is 1770 g/mol. The predicted octanol–water partition coefficient (Wildman–Crippen LogP) is 9.15. The van der Waals surface area contributed by atoms with E-state index in [1.807, 2.05) is 204 Å². The van der Waals surface area contributed by atoms with E-state index in [4.69, 9.17) is 0 Å². The molecule has 0 bridgehead atoms. The quantitative estimate of drug-likeness (QED) is 0.0118. The van der Waals surface area contributed by atoms with Gasteiger partial charge in [-0.3, -0.25) is 19.2 Å². The zero-order valence-corrected chi connectivity index (χ0v) is 75.6. The normalized spacial score (nSPS) is 11.3. The van der Waals surface area contributed by atoms with Gasteiger partial charge in [0.15, 0.2) is 49.6 Å². The number of carboxylic acid groups (broad SMARTS) is 2. The Labute approximate surface area is 748 Å². The number of aliphatic hydroxyl groups excluding tert-OH is 4. The molecule has 24 nitrogen and oxygen atoms in total. The molecule has 4 amide bonds. The molecular weight excluding hydrogens is 1640 g/mol.